The number of rotatable bonds is 8. The maximum absolute atomic E-state index is 12.8. The number of hydrogen-bond acceptors (Lipinski definition) is 5. The van der Waals surface area contributed by atoms with Crippen LogP contribution in [0.3, 0.4) is 0 Å². The molecule has 0 heterocycles. The predicted molar refractivity (Wildman–Crippen MR) is 105 cm³/mol. The summed E-state index contributed by atoms with van der Waals surface area (Å²) >= 11 is 0. The van der Waals surface area contributed by atoms with Gasteiger partial charge >= 0.3 is 0 Å². The van der Waals surface area contributed by atoms with E-state index in [0.29, 0.717) is 23.0 Å². The minimum Gasteiger partial charge on any atom is -0.493 e. The van der Waals surface area contributed by atoms with Crippen molar-refractivity contribution in [2.45, 2.75) is 30.8 Å². The molecule has 0 amide bonds. The van der Waals surface area contributed by atoms with Crippen molar-refractivity contribution in [3.8, 4) is 11.5 Å². The summed E-state index contributed by atoms with van der Waals surface area (Å²) in [5.74, 6) is 1.34. The van der Waals surface area contributed by atoms with Gasteiger partial charge in [0.05, 0.1) is 25.2 Å². The van der Waals surface area contributed by atoms with Crippen LogP contribution in [0.5, 0.6) is 11.5 Å². The second kappa shape index (κ2) is 8.73. The van der Waals surface area contributed by atoms with Gasteiger partial charge in [0.1, 0.15) is 0 Å². The summed E-state index contributed by atoms with van der Waals surface area (Å²) in [6.45, 7) is 4.02. The monoisotopic (exact) mass is 393 g/mol. The van der Waals surface area contributed by atoms with Crippen LogP contribution in [0.15, 0.2) is 47.4 Å². The van der Waals surface area contributed by atoms with Gasteiger partial charge in [-0.1, -0.05) is 32.0 Å². The van der Waals surface area contributed by atoms with Crippen molar-refractivity contribution in [2.75, 3.05) is 27.8 Å². The number of aliphatic hydroxyl groups excluding tert-OH is 1. The quantitative estimate of drug-likeness (QED) is 0.745. The summed E-state index contributed by atoms with van der Waals surface area (Å²) in [7, 11) is 0.790. The van der Waals surface area contributed by atoms with Crippen molar-refractivity contribution in [2.24, 2.45) is 0 Å². The average molecular weight is 394 g/mol. The van der Waals surface area contributed by atoms with Crippen LogP contribution in [0.1, 0.15) is 37.0 Å². The molecule has 1 atom stereocenters. The molecule has 1 N–H and O–H groups in total. The van der Waals surface area contributed by atoms with Gasteiger partial charge in [-0.3, -0.25) is 0 Å². The zero-order chi connectivity index (χ0) is 20.2. The molecule has 0 aliphatic rings. The van der Waals surface area contributed by atoms with Crippen LogP contribution in [0, 0.1) is 0 Å². The molecule has 6 nitrogen and oxygen atoms in total. The van der Waals surface area contributed by atoms with Gasteiger partial charge in [-0.15, -0.1) is 0 Å². The molecule has 0 aromatic heterocycles. The van der Waals surface area contributed by atoms with Crippen molar-refractivity contribution in [3.63, 3.8) is 0 Å². The van der Waals surface area contributed by atoms with Gasteiger partial charge in [0, 0.05) is 13.6 Å². The molecule has 0 saturated heterocycles. The van der Waals surface area contributed by atoms with Gasteiger partial charge in [-0.05, 0) is 41.3 Å². The minimum atomic E-state index is -3.70. The van der Waals surface area contributed by atoms with Gasteiger partial charge in [0.15, 0.2) is 11.5 Å². The van der Waals surface area contributed by atoms with Crippen LogP contribution in [0.4, 0.5) is 0 Å². The normalized spacial score (nSPS) is 13.0. The summed E-state index contributed by atoms with van der Waals surface area (Å²) in [6, 6.07) is 11.8. The van der Waals surface area contributed by atoms with E-state index in [0.717, 1.165) is 9.87 Å². The third-order valence-electron chi connectivity index (χ3n) is 4.48. The minimum absolute atomic E-state index is 0.0796. The summed E-state index contributed by atoms with van der Waals surface area (Å²) in [5, 5.41) is 10.5. The van der Waals surface area contributed by atoms with Crippen molar-refractivity contribution < 1.29 is 23.0 Å². The van der Waals surface area contributed by atoms with Gasteiger partial charge < -0.3 is 14.6 Å². The first-order chi connectivity index (χ1) is 12.7. The van der Waals surface area contributed by atoms with Crippen LogP contribution >= 0.6 is 0 Å². The van der Waals surface area contributed by atoms with Crippen LogP contribution < -0.4 is 9.47 Å². The molecule has 0 fully saturated rings. The molecule has 148 valence electrons. The Morgan fingerprint density at radius 2 is 1.52 bits per heavy atom. The first-order valence-electron chi connectivity index (χ1n) is 8.67. The lowest BCUT2D eigenvalue weighted by molar-refractivity contribution is 0.154. The summed E-state index contributed by atoms with van der Waals surface area (Å²) < 4.78 is 37.1. The lowest BCUT2D eigenvalue weighted by atomic mass is 10.0. The second-order valence-electron chi connectivity index (χ2n) is 6.64. The highest BCUT2D eigenvalue weighted by atomic mass is 32.2. The number of likely N-dealkylation sites (N-methyl/N-ethyl adjacent to an activating group) is 1. The molecular weight excluding hydrogens is 366 g/mol. The molecule has 2 rings (SSSR count). The number of nitrogens with zero attached hydrogens (tertiary/aromatic N) is 1. The van der Waals surface area contributed by atoms with E-state index < -0.39 is 16.1 Å². The maximum Gasteiger partial charge on any atom is 0.242 e. The Labute approximate surface area is 161 Å². The molecule has 2 aromatic rings. The molecule has 0 aliphatic heterocycles. The topological polar surface area (TPSA) is 76.1 Å². The Kier molecular flexibility index (Phi) is 6.86. The van der Waals surface area contributed by atoms with E-state index in [4.69, 9.17) is 9.47 Å². The van der Waals surface area contributed by atoms with Crippen LogP contribution in [0.25, 0.3) is 0 Å². The first kappa shape index (κ1) is 21.2. The molecule has 1 unspecified atom stereocenters. The lowest BCUT2D eigenvalue weighted by Crippen LogP contribution is -2.31. The maximum atomic E-state index is 12.8. The van der Waals surface area contributed by atoms with Crippen molar-refractivity contribution >= 4 is 10.0 Å². The zero-order valence-electron chi connectivity index (χ0n) is 16.3. The van der Waals surface area contributed by atoms with E-state index in [1.54, 1.807) is 30.3 Å². The number of benzene rings is 2. The van der Waals surface area contributed by atoms with Gasteiger partial charge in [-0.2, -0.15) is 4.31 Å². The Morgan fingerprint density at radius 3 is 2.04 bits per heavy atom. The Hall–Kier alpha value is -2.09. The number of hydrogen-bond donors (Lipinski definition) is 1. The molecule has 0 bridgehead atoms. The number of sulfonamides is 1. The van der Waals surface area contributed by atoms with Gasteiger partial charge in [-0.25, -0.2) is 8.42 Å². The number of ether oxygens (including phenoxy) is 2. The lowest BCUT2D eigenvalue weighted by Gasteiger charge is -2.21. The van der Waals surface area contributed by atoms with E-state index in [1.165, 1.54) is 21.3 Å². The fraction of sp³-hybridized carbons (Fsp3) is 0.400. The SMILES string of the molecule is COc1ccc(C(O)CN(C)S(=O)(=O)c2ccc(C(C)C)cc2)cc1OC. The van der Waals surface area contributed by atoms with Crippen LogP contribution in [0.2, 0.25) is 0 Å². The molecular formula is C20H27NO5S. The summed E-state index contributed by atoms with van der Waals surface area (Å²) in [5.41, 5.74) is 1.62. The molecule has 0 saturated carbocycles. The van der Waals surface area contributed by atoms with Crippen molar-refractivity contribution in [1.82, 2.24) is 4.31 Å². The van der Waals surface area contributed by atoms with E-state index >= 15 is 0 Å². The zero-order valence-corrected chi connectivity index (χ0v) is 17.2. The largest absolute Gasteiger partial charge is 0.493 e. The highest BCUT2D eigenvalue weighted by Crippen LogP contribution is 2.30. The van der Waals surface area contributed by atoms with E-state index in [2.05, 4.69) is 13.8 Å². The second-order valence-corrected chi connectivity index (χ2v) is 8.68. The molecule has 7 heteroatoms. The fourth-order valence-electron chi connectivity index (χ4n) is 2.71. The van der Waals surface area contributed by atoms with Crippen molar-refractivity contribution in [1.29, 1.82) is 0 Å². The van der Waals surface area contributed by atoms with Gasteiger partial charge in [0.2, 0.25) is 10.0 Å². The van der Waals surface area contributed by atoms with Crippen molar-refractivity contribution in [3.05, 3.63) is 53.6 Å². The summed E-state index contributed by atoms with van der Waals surface area (Å²) in [6.07, 6.45) is -1.00. The summed E-state index contributed by atoms with van der Waals surface area (Å²) in [4.78, 5) is 0.203. The number of aliphatic hydroxyl groups is 1. The molecule has 0 spiro atoms. The average Bonchev–Trinajstić information content (AvgIpc) is 2.67. The predicted octanol–water partition coefficient (Wildman–Crippen LogP) is 3.18. The van der Waals surface area contributed by atoms with E-state index in [9.17, 15) is 13.5 Å². The Balaban J connectivity index is 2.18. The van der Waals surface area contributed by atoms with Gasteiger partial charge in [0.25, 0.3) is 0 Å². The Morgan fingerprint density at radius 1 is 0.963 bits per heavy atom. The molecule has 0 radical (unpaired) electrons. The first-order valence-corrected chi connectivity index (χ1v) is 10.1. The highest BCUT2D eigenvalue weighted by molar-refractivity contribution is 7.89. The van der Waals surface area contributed by atoms with E-state index in [-0.39, 0.29) is 11.4 Å². The Bertz CT molecular complexity index is 862. The third-order valence-corrected chi connectivity index (χ3v) is 6.31. The standard InChI is InChI=1S/C20H27NO5S/c1-14(2)15-6-9-17(10-7-15)27(23,24)21(3)13-18(22)16-8-11-19(25-4)20(12-16)26-5/h6-12,14,18,22H,13H2,1-5H3. The highest BCUT2D eigenvalue weighted by Gasteiger charge is 2.24. The third kappa shape index (κ3) is 4.80. The molecule has 2 aromatic carbocycles. The smallest absolute Gasteiger partial charge is 0.242 e. The molecule has 27 heavy (non-hydrogen) atoms. The van der Waals surface area contributed by atoms with Crippen LogP contribution in [-0.2, 0) is 10.0 Å². The van der Waals surface area contributed by atoms with E-state index in [1.807, 2.05) is 12.1 Å². The van der Waals surface area contributed by atoms with Crippen LogP contribution in [-0.4, -0.2) is 45.6 Å². The fourth-order valence-corrected chi connectivity index (χ4v) is 3.89. The molecule has 0 aliphatic carbocycles. The number of methoxy groups -OCH3 is 2.